The van der Waals surface area contributed by atoms with Gasteiger partial charge in [0, 0.05) is 33.4 Å². The minimum Gasteiger partial charge on any atom is -0.207 e. The molecule has 0 saturated heterocycles. The van der Waals surface area contributed by atoms with E-state index in [2.05, 4.69) is 64.7 Å². The fourth-order valence-corrected chi connectivity index (χ4v) is 9.94. The summed E-state index contributed by atoms with van der Waals surface area (Å²) in [4.78, 5) is 0. The minimum atomic E-state index is -1.10. The number of rotatable bonds is 12. The first kappa shape index (κ1) is 62.8. The Kier molecular flexibility index (Phi) is 24.6. The number of benzene rings is 8. The van der Waals surface area contributed by atoms with Crippen LogP contribution < -0.4 is 0 Å². The molecule has 7 atom stereocenters. The Morgan fingerprint density at radius 1 is 0.263 bits per heavy atom. The summed E-state index contributed by atoms with van der Waals surface area (Å²) in [5.74, 6) is -7.95. The summed E-state index contributed by atoms with van der Waals surface area (Å²) in [6.45, 7) is 1.74. The minimum absolute atomic E-state index is 0.00395. The van der Waals surface area contributed by atoms with Gasteiger partial charge in [0.25, 0.3) is 0 Å². The predicted molar refractivity (Wildman–Crippen MR) is 310 cm³/mol. The van der Waals surface area contributed by atoms with Gasteiger partial charge < -0.3 is 0 Å². The molecular formula is C57H53F12P7. The second kappa shape index (κ2) is 29.8. The van der Waals surface area contributed by atoms with Crippen LogP contribution in [0.1, 0.15) is 51.4 Å². The van der Waals surface area contributed by atoms with Gasteiger partial charge in [-0.15, -0.1) is 64.7 Å². The summed E-state index contributed by atoms with van der Waals surface area (Å²) in [5, 5.41) is 0. The summed E-state index contributed by atoms with van der Waals surface area (Å²) < 4.78 is 165. The van der Waals surface area contributed by atoms with Gasteiger partial charge in [0.05, 0.1) is 0 Å². The highest BCUT2D eigenvalue weighted by atomic mass is 31.0. The van der Waals surface area contributed by atoms with Crippen molar-refractivity contribution in [2.75, 3.05) is 0 Å². The molecule has 0 amide bonds. The van der Waals surface area contributed by atoms with Crippen LogP contribution in [-0.2, 0) is 49.6 Å². The molecule has 0 spiro atoms. The first-order chi connectivity index (χ1) is 36.3. The molecule has 7 unspecified atom stereocenters. The van der Waals surface area contributed by atoms with Gasteiger partial charge in [0.15, 0.2) is 11.6 Å². The molecule has 0 heterocycles. The lowest BCUT2D eigenvalue weighted by Gasteiger charge is -2.10. The molecular weight excluding hydrogens is 1130 g/mol. The average molecular weight is 1180 g/mol. The van der Waals surface area contributed by atoms with E-state index >= 15 is 0 Å². The van der Waals surface area contributed by atoms with Crippen molar-refractivity contribution in [2.45, 2.75) is 56.5 Å². The van der Waals surface area contributed by atoms with Crippen molar-refractivity contribution in [2.24, 2.45) is 0 Å². The second-order valence-corrected chi connectivity index (χ2v) is 19.5. The van der Waals surface area contributed by atoms with Gasteiger partial charge in [-0.3, -0.25) is 0 Å². The van der Waals surface area contributed by atoms with Gasteiger partial charge in [0.2, 0.25) is 0 Å². The molecule has 0 fully saturated rings. The molecule has 0 radical (unpaired) electrons. The molecule has 0 aliphatic heterocycles. The van der Waals surface area contributed by atoms with E-state index in [4.69, 9.17) is 0 Å². The molecule has 8 aromatic rings. The van der Waals surface area contributed by atoms with E-state index in [1.165, 1.54) is 66.2 Å². The standard InChI is InChI=1S/C15H15F2P.C14H12F4P2.2C14H13F3P2/c1-2-13-14(16)7-12(8-15(13)17)11-5-3-10(9-18)4-6-11;15-11-3-8(4-12(16)10(11)6-20)9-2-1-7(5-19)13(17)14(9)18;15-12-3-8(1-2-9(12)6-18)10-4-13(16)11(7-19)14(17)5-10;15-12-3-8(6-18)1-2-10(12)9-4-13(16)11(7-19)14(17)5-9/h3-8H,2,9,18H2,1H3;1-4H,5-6,19-20H2;2*1-5H,6-7,18-19H2. The highest BCUT2D eigenvalue weighted by Gasteiger charge is 2.19. The maximum absolute atomic E-state index is 13.9. The van der Waals surface area contributed by atoms with Crippen LogP contribution in [0.25, 0.3) is 44.5 Å². The first-order valence-electron chi connectivity index (χ1n) is 23.2. The Labute approximate surface area is 451 Å². The molecule has 0 N–H and O–H groups in total. The molecule has 8 aromatic carbocycles. The smallest absolute Gasteiger partial charge is 0.166 e. The van der Waals surface area contributed by atoms with E-state index in [0.717, 1.165) is 29.4 Å². The van der Waals surface area contributed by atoms with Gasteiger partial charge in [0.1, 0.15) is 58.2 Å². The van der Waals surface area contributed by atoms with Crippen molar-refractivity contribution >= 4 is 64.7 Å². The summed E-state index contributed by atoms with van der Waals surface area (Å²) in [6.07, 6.45) is 3.14. The molecule has 400 valence electrons. The summed E-state index contributed by atoms with van der Waals surface area (Å²) in [6, 6.07) is 29.3. The van der Waals surface area contributed by atoms with Crippen LogP contribution in [0.2, 0.25) is 0 Å². The molecule has 8 rings (SSSR count). The maximum atomic E-state index is 13.9. The molecule has 76 heavy (non-hydrogen) atoms. The van der Waals surface area contributed by atoms with Gasteiger partial charge in [-0.2, -0.15) is 0 Å². The van der Waals surface area contributed by atoms with Crippen LogP contribution in [0.5, 0.6) is 0 Å². The Morgan fingerprint density at radius 2 is 0.618 bits per heavy atom. The molecule has 19 heteroatoms. The van der Waals surface area contributed by atoms with E-state index in [1.807, 2.05) is 24.3 Å². The quantitative estimate of drug-likeness (QED) is 0.0845. The third-order valence-corrected chi connectivity index (χ3v) is 15.0. The topological polar surface area (TPSA) is 0 Å². The fourth-order valence-electron chi connectivity index (χ4n) is 7.59. The maximum Gasteiger partial charge on any atom is 0.166 e. The first-order valence-corrected chi connectivity index (χ1v) is 29.0. The Morgan fingerprint density at radius 3 is 1.01 bits per heavy atom. The molecule has 0 aromatic heterocycles. The average Bonchev–Trinajstić information content (AvgIpc) is 3.40. The van der Waals surface area contributed by atoms with Crippen molar-refractivity contribution in [3.8, 4) is 44.5 Å². The Balaban J connectivity index is 0.000000187. The fraction of sp³-hybridized carbons (Fsp3) is 0.158. The zero-order valence-corrected chi connectivity index (χ0v) is 48.9. The van der Waals surface area contributed by atoms with Gasteiger partial charge >= 0.3 is 0 Å². The third-order valence-electron chi connectivity index (χ3n) is 11.9. The number of hydrogen-bond donors (Lipinski definition) is 0. The lowest BCUT2D eigenvalue weighted by molar-refractivity contribution is 0.504. The largest absolute Gasteiger partial charge is 0.207 e. The second-order valence-electron chi connectivity index (χ2n) is 16.7. The molecule has 0 nitrogen and oxygen atoms in total. The van der Waals surface area contributed by atoms with Crippen LogP contribution in [0.15, 0.2) is 121 Å². The number of halogens is 12. The van der Waals surface area contributed by atoms with E-state index in [0.29, 0.717) is 41.0 Å². The van der Waals surface area contributed by atoms with Crippen molar-refractivity contribution in [1.82, 2.24) is 0 Å². The lowest BCUT2D eigenvalue weighted by atomic mass is 10.0. The molecule has 0 bridgehead atoms. The predicted octanol–water partition coefficient (Wildman–Crippen LogP) is 18.3. The highest BCUT2D eigenvalue weighted by molar-refractivity contribution is 7.16. The lowest BCUT2D eigenvalue weighted by Crippen LogP contribution is -1.98. The van der Waals surface area contributed by atoms with E-state index in [1.54, 1.807) is 31.2 Å². The zero-order valence-electron chi connectivity index (χ0n) is 40.8. The SMILES string of the molecule is CCc1c(F)cc(-c2ccc(CP)cc2)cc1F.Fc1cc(-c2cc(F)c(CP)c(F)c2)ccc1CP.Fc1cc(-c2ccc(CP)c(F)c2F)cc(F)c1CP.Fc1cc(CP)ccc1-c1cc(F)c(CP)c(F)c1. The van der Waals surface area contributed by atoms with Crippen molar-refractivity contribution in [3.63, 3.8) is 0 Å². The van der Waals surface area contributed by atoms with Crippen molar-refractivity contribution in [1.29, 1.82) is 0 Å². The number of hydrogen-bond acceptors (Lipinski definition) is 0. The van der Waals surface area contributed by atoms with E-state index in [-0.39, 0.29) is 80.5 Å². The Bertz CT molecular complexity index is 3210. The normalized spacial score (nSPS) is 10.8. The van der Waals surface area contributed by atoms with Crippen LogP contribution >= 0.6 is 64.7 Å². The van der Waals surface area contributed by atoms with Crippen LogP contribution in [-0.4, -0.2) is 0 Å². The third kappa shape index (κ3) is 15.8. The summed E-state index contributed by atoms with van der Waals surface area (Å²) in [7, 11) is 16.7. The summed E-state index contributed by atoms with van der Waals surface area (Å²) >= 11 is 0. The van der Waals surface area contributed by atoms with Gasteiger partial charge in [-0.05, 0) is 166 Å². The van der Waals surface area contributed by atoms with Gasteiger partial charge in [-0.25, -0.2) is 52.7 Å². The Hall–Kier alpha value is -4.07. The highest BCUT2D eigenvalue weighted by Crippen LogP contribution is 2.33. The van der Waals surface area contributed by atoms with Crippen molar-refractivity contribution < 1.29 is 52.7 Å². The van der Waals surface area contributed by atoms with Crippen LogP contribution in [0.4, 0.5) is 52.7 Å². The van der Waals surface area contributed by atoms with Crippen LogP contribution in [0.3, 0.4) is 0 Å². The van der Waals surface area contributed by atoms with Crippen molar-refractivity contribution in [3.05, 3.63) is 236 Å². The molecule has 0 saturated carbocycles. The van der Waals surface area contributed by atoms with Crippen LogP contribution in [0, 0.1) is 69.8 Å². The van der Waals surface area contributed by atoms with Gasteiger partial charge in [-0.1, -0.05) is 67.6 Å². The molecule has 0 aliphatic carbocycles. The van der Waals surface area contributed by atoms with E-state index in [9.17, 15) is 52.7 Å². The van der Waals surface area contributed by atoms with E-state index < -0.39 is 64.0 Å². The monoisotopic (exact) mass is 1180 g/mol. The summed E-state index contributed by atoms with van der Waals surface area (Å²) in [5.41, 5.74) is 5.27. The molecule has 0 aliphatic rings. The zero-order chi connectivity index (χ0) is 56.0.